The van der Waals surface area contributed by atoms with Crippen LogP contribution in [0, 0.1) is 0 Å². The first-order valence-corrected chi connectivity index (χ1v) is 8.15. The van der Waals surface area contributed by atoms with E-state index in [-0.39, 0.29) is 18.3 Å². The molecule has 0 unspecified atom stereocenters. The van der Waals surface area contributed by atoms with Gasteiger partial charge in [-0.2, -0.15) is 0 Å². The van der Waals surface area contributed by atoms with E-state index in [4.69, 9.17) is 5.73 Å². The van der Waals surface area contributed by atoms with Crippen molar-refractivity contribution in [3.8, 4) is 11.3 Å². The first-order valence-electron chi connectivity index (χ1n) is 7.27. The Morgan fingerprint density at radius 2 is 2.05 bits per heavy atom. The zero-order chi connectivity index (χ0) is 14.8. The minimum absolute atomic E-state index is 0. The number of fused-ring (bicyclic) bond motifs is 1. The highest BCUT2D eigenvalue weighted by atomic mass is 35.5. The molecular weight excluding hydrogens is 318 g/mol. The minimum atomic E-state index is -0.527. The molecule has 0 saturated carbocycles. The number of nitrogens with two attached hydrogens (primary N) is 1. The number of nitrogens with one attached hydrogen (secondary N) is 1. The molecule has 0 fully saturated rings. The van der Waals surface area contributed by atoms with Crippen molar-refractivity contribution in [1.29, 1.82) is 0 Å². The van der Waals surface area contributed by atoms with Crippen molar-refractivity contribution in [3.05, 3.63) is 34.7 Å². The number of hydrogen-bond donors (Lipinski definition) is 2. The number of aromatic nitrogens is 1. The molecule has 0 saturated heterocycles. The monoisotopic (exact) mass is 337 g/mol. The SMILES string of the molecule is C[C@@H](N)C(=O)Nc1nc(-c2ccc3c(c2)CCCC3)cs1.Cl. The van der Waals surface area contributed by atoms with Crippen molar-refractivity contribution >= 4 is 34.8 Å². The van der Waals surface area contributed by atoms with Gasteiger partial charge >= 0.3 is 0 Å². The third-order valence-electron chi connectivity index (χ3n) is 3.79. The zero-order valence-electron chi connectivity index (χ0n) is 12.5. The predicted molar refractivity (Wildman–Crippen MR) is 93.7 cm³/mol. The Hall–Kier alpha value is -1.43. The number of rotatable bonds is 3. The first kappa shape index (κ1) is 16.9. The summed E-state index contributed by atoms with van der Waals surface area (Å²) < 4.78 is 0. The Labute approximate surface area is 140 Å². The molecule has 1 amide bonds. The molecule has 6 heteroatoms. The number of amides is 1. The molecule has 0 aliphatic heterocycles. The lowest BCUT2D eigenvalue weighted by molar-refractivity contribution is -0.117. The lowest BCUT2D eigenvalue weighted by Gasteiger charge is -2.16. The van der Waals surface area contributed by atoms with Crippen LogP contribution in [0.15, 0.2) is 23.6 Å². The molecule has 3 rings (SSSR count). The predicted octanol–water partition coefficient (Wildman–Crippen LogP) is 3.40. The quantitative estimate of drug-likeness (QED) is 0.902. The first-order chi connectivity index (χ1) is 10.1. The highest BCUT2D eigenvalue weighted by molar-refractivity contribution is 7.14. The number of nitrogens with zero attached hydrogens (tertiary/aromatic N) is 1. The third-order valence-corrected chi connectivity index (χ3v) is 4.55. The summed E-state index contributed by atoms with van der Waals surface area (Å²) in [6.45, 7) is 1.66. The maximum Gasteiger partial charge on any atom is 0.242 e. The van der Waals surface area contributed by atoms with Crippen LogP contribution in [0.1, 0.15) is 30.9 Å². The van der Waals surface area contributed by atoms with Crippen LogP contribution < -0.4 is 11.1 Å². The van der Waals surface area contributed by atoms with Crippen molar-refractivity contribution in [1.82, 2.24) is 4.98 Å². The molecule has 22 heavy (non-hydrogen) atoms. The number of benzene rings is 1. The molecule has 3 N–H and O–H groups in total. The number of carbonyl (C=O) groups is 1. The Morgan fingerprint density at radius 3 is 2.77 bits per heavy atom. The highest BCUT2D eigenvalue weighted by Crippen LogP contribution is 2.29. The Balaban J connectivity index is 0.00000176. The number of anilines is 1. The number of thiazole rings is 1. The normalized spacial score (nSPS) is 14.6. The van der Waals surface area contributed by atoms with E-state index in [1.165, 1.54) is 41.7 Å². The summed E-state index contributed by atoms with van der Waals surface area (Å²) in [5.74, 6) is -0.207. The van der Waals surface area contributed by atoms with E-state index < -0.39 is 6.04 Å². The molecule has 1 aromatic heterocycles. The van der Waals surface area contributed by atoms with Gasteiger partial charge in [0.25, 0.3) is 0 Å². The van der Waals surface area contributed by atoms with E-state index in [1.54, 1.807) is 6.92 Å². The van der Waals surface area contributed by atoms with Crippen LogP contribution in [-0.2, 0) is 17.6 Å². The number of halogens is 1. The molecule has 0 radical (unpaired) electrons. The van der Waals surface area contributed by atoms with Crippen LogP contribution in [0.25, 0.3) is 11.3 Å². The van der Waals surface area contributed by atoms with Gasteiger partial charge in [0, 0.05) is 10.9 Å². The summed E-state index contributed by atoms with van der Waals surface area (Å²) in [5, 5.41) is 5.31. The summed E-state index contributed by atoms with van der Waals surface area (Å²) >= 11 is 1.43. The van der Waals surface area contributed by atoms with Crippen molar-refractivity contribution in [2.45, 2.75) is 38.6 Å². The van der Waals surface area contributed by atoms with Gasteiger partial charge in [-0.05, 0) is 49.8 Å². The van der Waals surface area contributed by atoms with Gasteiger partial charge in [0.2, 0.25) is 5.91 Å². The van der Waals surface area contributed by atoms with Gasteiger partial charge in [-0.15, -0.1) is 23.7 Å². The Bertz CT molecular complexity index is 669. The minimum Gasteiger partial charge on any atom is -0.320 e. The summed E-state index contributed by atoms with van der Waals surface area (Å²) in [7, 11) is 0. The lowest BCUT2D eigenvalue weighted by atomic mass is 9.90. The fourth-order valence-corrected chi connectivity index (χ4v) is 3.30. The number of aryl methyl sites for hydroxylation is 2. The smallest absolute Gasteiger partial charge is 0.242 e. The van der Waals surface area contributed by atoms with Crippen molar-refractivity contribution in [2.24, 2.45) is 5.73 Å². The van der Waals surface area contributed by atoms with Gasteiger partial charge in [-0.3, -0.25) is 4.79 Å². The van der Waals surface area contributed by atoms with E-state index in [2.05, 4.69) is 28.5 Å². The molecule has 1 heterocycles. The van der Waals surface area contributed by atoms with Gasteiger partial charge < -0.3 is 11.1 Å². The highest BCUT2D eigenvalue weighted by Gasteiger charge is 2.13. The van der Waals surface area contributed by atoms with E-state index in [1.807, 2.05) is 5.38 Å². The summed E-state index contributed by atoms with van der Waals surface area (Å²) in [4.78, 5) is 16.1. The molecule has 1 aromatic carbocycles. The fourth-order valence-electron chi connectivity index (χ4n) is 2.58. The van der Waals surface area contributed by atoms with E-state index in [0.29, 0.717) is 5.13 Å². The average molecular weight is 338 g/mol. The Morgan fingerprint density at radius 1 is 1.32 bits per heavy atom. The summed E-state index contributed by atoms with van der Waals surface area (Å²) in [5.41, 5.74) is 10.5. The van der Waals surface area contributed by atoms with Crippen LogP contribution in [0.3, 0.4) is 0 Å². The maximum absolute atomic E-state index is 11.6. The van der Waals surface area contributed by atoms with Crippen LogP contribution in [-0.4, -0.2) is 16.9 Å². The second-order valence-electron chi connectivity index (χ2n) is 5.51. The van der Waals surface area contributed by atoms with Crippen molar-refractivity contribution in [2.75, 3.05) is 5.32 Å². The topological polar surface area (TPSA) is 68.0 Å². The molecule has 0 spiro atoms. The van der Waals surface area contributed by atoms with Gasteiger partial charge in [0.1, 0.15) is 0 Å². The molecule has 1 atom stereocenters. The van der Waals surface area contributed by atoms with Gasteiger partial charge in [-0.25, -0.2) is 4.98 Å². The largest absolute Gasteiger partial charge is 0.320 e. The molecule has 2 aromatic rings. The van der Waals surface area contributed by atoms with Crippen LogP contribution in [0.2, 0.25) is 0 Å². The van der Waals surface area contributed by atoms with E-state index >= 15 is 0 Å². The van der Waals surface area contributed by atoms with Gasteiger partial charge in [0.15, 0.2) is 5.13 Å². The van der Waals surface area contributed by atoms with E-state index in [0.717, 1.165) is 17.7 Å². The van der Waals surface area contributed by atoms with Crippen LogP contribution in [0.5, 0.6) is 0 Å². The second-order valence-corrected chi connectivity index (χ2v) is 6.36. The van der Waals surface area contributed by atoms with Gasteiger partial charge in [0.05, 0.1) is 11.7 Å². The van der Waals surface area contributed by atoms with Crippen LogP contribution in [0.4, 0.5) is 5.13 Å². The van der Waals surface area contributed by atoms with Crippen molar-refractivity contribution < 1.29 is 4.79 Å². The standard InChI is InChI=1S/C16H19N3OS.ClH/c1-10(17)15(20)19-16-18-14(9-21-16)13-7-6-11-4-2-3-5-12(11)8-13;/h6-10H,2-5,17H2,1H3,(H,18,19,20);1H/t10-;/m1./s1. The third kappa shape index (κ3) is 3.66. The van der Waals surface area contributed by atoms with Crippen LogP contribution >= 0.6 is 23.7 Å². The molecule has 4 nitrogen and oxygen atoms in total. The molecule has 118 valence electrons. The number of carbonyl (C=O) groups excluding carboxylic acids is 1. The van der Waals surface area contributed by atoms with Gasteiger partial charge in [-0.1, -0.05) is 12.1 Å². The molecular formula is C16H20ClN3OS. The zero-order valence-corrected chi connectivity index (χ0v) is 14.1. The van der Waals surface area contributed by atoms with E-state index in [9.17, 15) is 4.79 Å². The molecule has 0 bridgehead atoms. The average Bonchev–Trinajstić information content (AvgIpc) is 2.95. The van der Waals surface area contributed by atoms with Crippen molar-refractivity contribution in [3.63, 3.8) is 0 Å². The lowest BCUT2D eigenvalue weighted by Crippen LogP contribution is -2.32. The molecule has 1 aliphatic rings. The summed E-state index contributed by atoms with van der Waals surface area (Å²) in [6, 6.07) is 6.04. The summed E-state index contributed by atoms with van der Waals surface area (Å²) in [6.07, 6.45) is 4.89. The fraction of sp³-hybridized carbons (Fsp3) is 0.375. The second kappa shape index (κ2) is 7.22. The Kier molecular flexibility index (Phi) is 5.56. The molecule has 1 aliphatic carbocycles. The number of hydrogen-bond acceptors (Lipinski definition) is 4. The maximum atomic E-state index is 11.6.